The molecule has 0 aliphatic rings. The van der Waals surface area contributed by atoms with Gasteiger partial charge in [0, 0.05) is 24.7 Å². The first-order chi connectivity index (χ1) is 16.9. The first kappa shape index (κ1) is 26.1. The first-order valence-corrected chi connectivity index (χ1v) is 12.2. The van der Waals surface area contributed by atoms with Crippen molar-refractivity contribution in [3.8, 4) is 16.9 Å². The topological polar surface area (TPSA) is 59.4 Å². The molecule has 0 fully saturated rings. The van der Waals surface area contributed by atoms with E-state index < -0.39 is 0 Å². The summed E-state index contributed by atoms with van der Waals surface area (Å²) in [4.78, 5) is 13.2. The van der Waals surface area contributed by atoms with E-state index in [4.69, 9.17) is 4.74 Å². The molecule has 184 valence electrons. The standard InChI is InChI=1S/C29H35FN4O/c1-6-8-9-25(7-2)35-27-17-23(22-12-14-24(30)15-13-22)16-26-28(27)33-19-34-29(26)32-18-20(3)10-11-21(4)31-5/h10-17,19,25H,3,6-9,18H2,1-2,4-5H3,(H,32,33,34)/b11-10-,31-21?. The molecule has 1 unspecified atom stereocenters. The molecule has 2 aromatic carbocycles. The Kier molecular flexibility index (Phi) is 9.53. The molecular formula is C29H35FN4O. The Labute approximate surface area is 207 Å². The maximum absolute atomic E-state index is 13.6. The van der Waals surface area contributed by atoms with Gasteiger partial charge in [0.1, 0.15) is 29.2 Å². The summed E-state index contributed by atoms with van der Waals surface area (Å²) in [7, 11) is 1.76. The number of rotatable bonds is 12. The highest BCUT2D eigenvalue weighted by molar-refractivity contribution is 5.96. The highest BCUT2D eigenvalue weighted by Gasteiger charge is 2.16. The molecule has 3 rings (SSSR count). The van der Waals surface area contributed by atoms with E-state index in [1.165, 1.54) is 12.1 Å². The van der Waals surface area contributed by atoms with E-state index in [0.29, 0.717) is 18.1 Å². The highest BCUT2D eigenvalue weighted by Crippen LogP contribution is 2.35. The van der Waals surface area contributed by atoms with Crippen LogP contribution in [0, 0.1) is 5.82 Å². The molecule has 35 heavy (non-hydrogen) atoms. The second kappa shape index (κ2) is 12.8. The average molecular weight is 475 g/mol. The van der Waals surface area contributed by atoms with Gasteiger partial charge in [-0.25, -0.2) is 14.4 Å². The van der Waals surface area contributed by atoms with Crippen molar-refractivity contribution in [1.82, 2.24) is 9.97 Å². The van der Waals surface area contributed by atoms with Crippen molar-refractivity contribution < 1.29 is 9.13 Å². The Hall–Kier alpha value is -3.54. The van der Waals surface area contributed by atoms with Crippen LogP contribution in [0.2, 0.25) is 0 Å². The number of hydrogen-bond donors (Lipinski definition) is 1. The lowest BCUT2D eigenvalue weighted by Crippen LogP contribution is -2.15. The molecule has 5 nitrogen and oxygen atoms in total. The Balaban J connectivity index is 2.01. The third-order valence-electron chi connectivity index (χ3n) is 5.91. The van der Waals surface area contributed by atoms with Crippen LogP contribution >= 0.6 is 0 Å². The summed E-state index contributed by atoms with van der Waals surface area (Å²) in [5.74, 6) is 1.14. The molecule has 1 N–H and O–H groups in total. The highest BCUT2D eigenvalue weighted by atomic mass is 19.1. The Morgan fingerprint density at radius 3 is 2.60 bits per heavy atom. The number of nitrogens with one attached hydrogen (secondary N) is 1. The average Bonchev–Trinajstić information content (AvgIpc) is 2.88. The number of fused-ring (bicyclic) bond motifs is 1. The molecule has 0 aliphatic carbocycles. The van der Waals surface area contributed by atoms with Crippen LogP contribution < -0.4 is 10.1 Å². The summed E-state index contributed by atoms with van der Waals surface area (Å²) >= 11 is 0. The number of aliphatic imine (C=N–C) groups is 1. The molecule has 1 atom stereocenters. The lowest BCUT2D eigenvalue weighted by Gasteiger charge is -2.20. The van der Waals surface area contributed by atoms with Gasteiger partial charge < -0.3 is 10.1 Å². The van der Waals surface area contributed by atoms with Crippen molar-refractivity contribution in [3.63, 3.8) is 0 Å². The maximum Gasteiger partial charge on any atom is 0.146 e. The molecule has 0 aliphatic heterocycles. The van der Waals surface area contributed by atoms with Crippen LogP contribution in [0.3, 0.4) is 0 Å². The molecule has 0 bridgehead atoms. The van der Waals surface area contributed by atoms with Gasteiger partial charge in [0.2, 0.25) is 0 Å². The second-order valence-electron chi connectivity index (χ2n) is 8.60. The first-order valence-electron chi connectivity index (χ1n) is 12.2. The number of anilines is 1. The summed E-state index contributed by atoms with van der Waals surface area (Å²) in [6.45, 7) is 10.9. The van der Waals surface area contributed by atoms with Crippen LogP contribution in [0.1, 0.15) is 46.5 Å². The predicted molar refractivity (Wildman–Crippen MR) is 145 cm³/mol. The van der Waals surface area contributed by atoms with Gasteiger partial charge in [-0.05, 0) is 66.8 Å². The van der Waals surface area contributed by atoms with Gasteiger partial charge in [0.05, 0.1) is 6.10 Å². The normalized spacial score (nSPS) is 12.8. The van der Waals surface area contributed by atoms with Crippen molar-refractivity contribution in [2.75, 3.05) is 18.9 Å². The number of hydrogen-bond acceptors (Lipinski definition) is 5. The van der Waals surface area contributed by atoms with Crippen LogP contribution in [0.25, 0.3) is 22.0 Å². The Bertz CT molecular complexity index is 1200. The quantitative estimate of drug-likeness (QED) is 0.219. The lowest BCUT2D eigenvalue weighted by atomic mass is 10.0. The smallest absolute Gasteiger partial charge is 0.146 e. The minimum absolute atomic E-state index is 0.0985. The van der Waals surface area contributed by atoms with Crippen LogP contribution in [0.5, 0.6) is 5.75 Å². The SMILES string of the molecule is C=C(/C=C\C(C)=NC)CNc1ncnc2c(OC(CC)CCCC)cc(-c3ccc(F)cc3)cc12. The molecule has 0 radical (unpaired) electrons. The molecule has 1 heterocycles. The van der Waals surface area contributed by atoms with Gasteiger partial charge >= 0.3 is 0 Å². The number of ether oxygens (including phenoxy) is 1. The van der Waals surface area contributed by atoms with Gasteiger partial charge in [0.25, 0.3) is 0 Å². The fraction of sp³-hybridized carbons (Fsp3) is 0.345. The molecule has 3 aromatic rings. The third-order valence-corrected chi connectivity index (χ3v) is 5.91. The van der Waals surface area contributed by atoms with Crippen molar-refractivity contribution in [2.24, 2.45) is 4.99 Å². The van der Waals surface area contributed by atoms with E-state index in [2.05, 4.69) is 40.7 Å². The number of allylic oxidation sites excluding steroid dienone is 1. The number of unbranched alkanes of at least 4 members (excludes halogenated alkanes) is 1. The molecular weight excluding hydrogens is 439 g/mol. The van der Waals surface area contributed by atoms with Crippen molar-refractivity contribution >= 4 is 22.4 Å². The summed E-state index contributed by atoms with van der Waals surface area (Å²) < 4.78 is 20.1. The summed E-state index contributed by atoms with van der Waals surface area (Å²) in [6.07, 6.45) is 9.64. The van der Waals surface area contributed by atoms with Gasteiger partial charge in [-0.15, -0.1) is 0 Å². The van der Waals surface area contributed by atoms with E-state index in [-0.39, 0.29) is 11.9 Å². The number of halogens is 1. The minimum atomic E-state index is -0.266. The fourth-order valence-electron chi connectivity index (χ4n) is 3.70. The van der Waals surface area contributed by atoms with Gasteiger partial charge in [-0.1, -0.05) is 51.5 Å². The number of aromatic nitrogens is 2. The minimum Gasteiger partial charge on any atom is -0.488 e. The lowest BCUT2D eigenvalue weighted by molar-refractivity contribution is 0.185. The molecule has 0 amide bonds. The van der Waals surface area contributed by atoms with Crippen molar-refractivity contribution in [2.45, 2.75) is 52.6 Å². The summed E-state index contributed by atoms with van der Waals surface area (Å²) in [5, 5.41) is 4.23. The molecule has 0 saturated heterocycles. The van der Waals surface area contributed by atoms with E-state index in [1.54, 1.807) is 25.5 Å². The van der Waals surface area contributed by atoms with E-state index in [1.807, 2.05) is 31.2 Å². The van der Waals surface area contributed by atoms with E-state index in [0.717, 1.165) is 59.0 Å². The third kappa shape index (κ3) is 7.22. The van der Waals surface area contributed by atoms with Gasteiger partial charge in [-0.2, -0.15) is 0 Å². The monoisotopic (exact) mass is 474 g/mol. The largest absolute Gasteiger partial charge is 0.488 e. The Morgan fingerprint density at radius 2 is 1.91 bits per heavy atom. The van der Waals surface area contributed by atoms with Crippen LogP contribution in [-0.2, 0) is 0 Å². The zero-order valence-corrected chi connectivity index (χ0v) is 21.1. The van der Waals surface area contributed by atoms with Crippen molar-refractivity contribution in [3.05, 3.63) is 72.8 Å². The predicted octanol–water partition coefficient (Wildman–Crippen LogP) is 7.40. The zero-order chi connectivity index (χ0) is 25.2. The van der Waals surface area contributed by atoms with Crippen LogP contribution in [-0.4, -0.2) is 35.4 Å². The molecule has 1 aromatic heterocycles. The molecule has 0 spiro atoms. The van der Waals surface area contributed by atoms with Crippen LogP contribution in [0.15, 0.2) is 72.0 Å². The summed E-state index contributed by atoms with van der Waals surface area (Å²) in [6, 6.07) is 10.5. The summed E-state index contributed by atoms with van der Waals surface area (Å²) in [5.41, 5.74) is 4.40. The molecule has 6 heteroatoms. The second-order valence-corrected chi connectivity index (χ2v) is 8.60. The van der Waals surface area contributed by atoms with Crippen LogP contribution in [0.4, 0.5) is 10.2 Å². The molecule has 0 saturated carbocycles. The zero-order valence-electron chi connectivity index (χ0n) is 21.1. The number of nitrogens with zero attached hydrogens (tertiary/aromatic N) is 3. The Morgan fingerprint density at radius 1 is 1.14 bits per heavy atom. The van der Waals surface area contributed by atoms with Gasteiger partial charge in [0.15, 0.2) is 0 Å². The van der Waals surface area contributed by atoms with E-state index >= 15 is 0 Å². The number of benzene rings is 2. The van der Waals surface area contributed by atoms with E-state index in [9.17, 15) is 4.39 Å². The maximum atomic E-state index is 13.6. The van der Waals surface area contributed by atoms with Crippen molar-refractivity contribution in [1.29, 1.82) is 0 Å². The van der Waals surface area contributed by atoms with Gasteiger partial charge in [-0.3, -0.25) is 4.99 Å². The fourth-order valence-corrected chi connectivity index (χ4v) is 3.70.